The van der Waals surface area contributed by atoms with Crippen LogP contribution in [0.25, 0.3) is 0 Å². The second-order valence-electron chi connectivity index (χ2n) is 12.9. The number of carbonyl (C=O) groups is 1. The third kappa shape index (κ3) is 8.03. The Morgan fingerprint density at radius 3 is 1.42 bits per heavy atom. The van der Waals surface area contributed by atoms with Crippen molar-refractivity contribution in [3.63, 3.8) is 0 Å². The van der Waals surface area contributed by atoms with Crippen LogP contribution in [0, 0.1) is 5.92 Å². The maximum Gasteiger partial charge on any atom is 0.321 e. The molecule has 1 heterocycles. The summed E-state index contributed by atoms with van der Waals surface area (Å²) in [4.78, 5) is 12.1. The molecule has 6 heteroatoms. The van der Waals surface area contributed by atoms with E-state index in [0.717, 1.165) is 57.5 Å². The van der Waals surface area contributed by atoms with E-state index < -0.39 is 16.6 Å². The summed E-state index contributed by atoms with van der Waals surface area (Å²) < 4.78 is 18.7. The molecule has 0 bridgehead atoms. The van der Waals surface area contributed by atoms with Crippen molar-refractivity contribution < 1.29 is 18.4 Å². The van der Waals surface area contributed by atoms with E-state index in [4.69, 9.17) is 13.6 Å². The molecular formula is C30H60O4Si2. The molecule has 1 atom stereocenters. The maximum atomic E-state index is 12.1. The Morgan fingerprint density at radius 1 is 0.667 bits per heavy atom. The number of esters is 1. The van der Waals surface area contributed by atoms with E-state index in [0.29, 0.717) is 33.2 Å². The fraction of sp³-hybridized carbons (Fsp3) is 0.900. The van der Waals surface area contributed by atoms with Crippen molar-refractivity contribution >= 4 is 22.6 Å². The van der Waals surface area contributed by atoms with Gasteiger partial charge in [-0.25, -0.2) is 0 Å². The fourth-order valence-corrected chi connectivity index (χ4v) is 18.2. The van der Waals surface area contributed by atoms with Crippen LogP contribution in [0.15, 0.2) is 11.8 Å². The van der Waals surface area contributed by atoms with E-state index in [1.807, 2.05) is 0 Å². The topological polar surface area (TPSA) is 44.8 Å². The highest BCUT2D eigenvalue weighted by atomic mass is 28.4. The number of hydrogen-bond acceptors (Lipinski definition) is 4. The van der Waals surface area contributed by atoms with Crippen LogP contribution in [0.1, 0.15) is 122 Å². The molecule has 0 saturated carbocycles. The van der Waals surface area contributed by atoms with Gasteiger partial charge in [0.05, 0.1) is 0 Å². The Labute approximate surface area is 226 Å². The highest BCUT2D eigenvalue weighted by Crippen LogP contribution is 2.43. The number of ether oxygens (including phenoxy) is 1. The van der Waals surface area contributed by atoms with Gasteiger partial charge < -0.3 is 13.6 Å². The van der Waals surface area contributed by atoms with Crippen molar-refractivity contribution in [1.82, 2.24) is 0 Å². The normalized spacial score (nSPS) is 18.4. The fourth-order valence-electron chi connectivity index (χ4n) is 7.20. The Kier molecular flexibility index (Phi) is 14.2. The molecule has 1 aliphatic heterocycles. The lowest BCUT2D eigenvalue weighted by atomic mass is 9.94. The summed E-state index contributed by atoms with van der Waals surface area (Å²) in [6.07, 6.45) is 8.15. The Hall–Kier alpha value is -0.436. The molecule has 1 unspecified atom stereocenters. The molecule has 0 amide bonds. The van der Waals surface area contributed by atoms with Gasteiger partial charge in [-0.1, -0.05) is 83.1 Å². The summed E-state index contributed by atoms with van der Waals surface area (Å²) in [7, 11) is -3.57. The zero-order valence-corrected chi connectivity index (χ0v) is 27.9. The molecular weight excluding hydrogens is 480 g/mol. The van der Waals surface area contributed by atoms with E-state index >= 15 is 0 Å². The first-order valence-electron chi connectivity index (χ1n) is 14.9. The van der Waals surface area contributed by atoms with Crippen molar-refractivity contribution in [3.05, 3.63) is 11.8 Å². The van der Waals surface area contributed by atoms with Crippen molar-refractivity contribution in [3.8, 4) is 0 Å². The minimum atomic E-state index is -1.80. The number of carbonyl (C=O) groups excluding carboxylic acids is 1. The number of cyclic esters (lactones) is 1. The summed E-state index contributed by atoms with van der Waals surface area (Å²) in [6.45, 7) is 29.7. The SMILES string of the molecule is CC(C)[Si](OCCCC/C=C1\OC(=O)C1CCCCO[Si](C(C)C)(C(C)C)C(C)C)(C(C)C)C(C)C. The van der Waals surface area contributed by atoms with Gasteiger partial charge in [-0.2, -0.15) is 0 Å². The summed E-state index contributed by atoms with van der Waals surface area (Å²) >= 11 is 0. The highest BCUT2D eigenvalue weighted by Gasteiger charge is 2.45. The minimum absolute atomic E-state index is 0.0357. The molecule has 0 spiro atoms. The van der Waals surface area contributed by atoms with Crippen molar-refractivity contribution in [2.24, 2.45) is 5.92 Å². The molecule has 36 heavy (non-hydrogen) atoms. The number of hydrogen-bond donors (Lipinski definition) is 0. The molecule has 0 radical (unpaired) electrons. The van der Waals surface area contributed by atoms with Crippen LogP contribution < -0.4 is 0 Å². The molecule has 0 aromatic heterocycles. The van der Waals surface area contributed by atoms with Crippen LogP contribution in [0.5, 0.6) is 0 Å². The van der Waals surface area contributed by atoms with Crippen molar-refractivity contribution in [2.75, 3.05) is 13.2 Å². The molecule has 1 rings (SSSR count). The lowest BCUT2D eigenvalue weighted by Gasteiger charge is -2.42. The number of rotatable bonds is 18. The van der Waals surface area contributed by atoms with Gasteiger partial charge >= 0.3 is 5.97 Å². The standard InChI is InChI=1S/C30H60O4Si2/c1-22(2)35(23(3)4,24(5)6)32-20-16-13-14-19-29-28(30(31)34-29)18-15-17-21-33-36(25(7)8,26(9)10)27(11)12/h19,22-28H,13-18,20-21H2,1-12H3/b29-19-. The summed E-state index contributed by atoms with van der Waals surface area (Å²) in [5, 5.41) is 0. The average molecular weight is 541 g/mol. The van der Waals surface area contributed by atoms with Crippen LogP contribution >= 0.6 is 0 Å². The third-order valence-electron chi connectivity index (χ3n) is 8.80. The first-order valence-corrected chi connectivity index (χ1v) is 19.2. The van der Waals surface area contributed by atoms with Gasteiger partial charge in [0.15, 0.2) is 16.6 Å². The van der Waals surface area contributed by atoms with E-state index in [1.54, 1.807) is 0 Å². The van der Waals surface area contributed by atoms with Crippen LogP contribution in [-0.4, -0.2) is 35.8 Å². The lowest BCUT2D eigenvalue weighted by Crippen LogP contribution is -2.48. The molecule has 0 aromatic rings. The summed E-state index contributed by atoms with van der Waals surface area (Å²) in [6, 6.07) is 0. The summed E-state index contributed by atoms with van der Waals surface area (Å²) in [5.41, 5.74) is 3.71. The van der Waals surface area contributed by atoms with E-state index in [1.165, 1.54) is 0 Å². The van der Waals surface area contributed by atoms with E-state index in [-0.39, 0.29) is 11.9 Å². The largest absolute Gasteiger partial charge is 0.430 e. The predicted molar refractivity (Wildman–Crippen MR) is 159 cm³/mol. The van der Waals surface area contributed by atoms with Gasteiger partial charge in [-0.3, -0.25) is 4.79 Å². The predicted octanol–water partition coefficient (Wildman–Crippen LogP) is 9.77. The van der Waals surface area contributed by atoms with Crippen molar-refractivity contribution in [1.29, 1.82) is 0 Å². The maximum absolute atomic E-state index is 12.1. The van der Waals surface area contributed by atoms with E-state index in [2.05, 4.69) is 89.2 Å². The highest BCUT2D eigenvalue weighted by molar-refractivity contribution is 6.78. The van der Waals surface area contributed by atoms with Gasteiger partial charge in [0.25, 0.3) is 0 Å². The second-order valence-corrected chi connectivity index (χ2v) is 23.8. The van der Waals surface area contributed by atoms with Gasteiger partial charge in [-0.05, 0) is 77.8 Å². The van der Waals surface area contributed by atoms with Crippen LogP contribution in [0.3, 0.4) is 0 Å². The number of unbranched alkanes of at least 4 members (excludes halogenated alkanes) is 3. The van der Waals surface area contributed by atoms with Gasteiger partial charge in [0.2, 0.25) is 0 Å². The first-order chi connectivity index (χ1) is 16.7. The quantitative estimate of drug-likeness (QED) is 0.0985. The number of allylic oxidation sites excluding steroid dienone is 1. The Morgan fingerprint density at radius 2 is 1.06 bits per heavy atom. The first kappa shape index (κ1) is 33.6. The molecule has 1 saturated heterocycles. The van der Waals surface area contributed by atoms with Gasteiger partial charge in [-0.15, -0.1) is 0 Å². The molecule has 0 aromatic carbocycles. The van der Waals surface area contributed by atoms with Crippen LogP contribution in [0.2, 0.25) is 33.2 Å². The average Bonchev–Trinajstić information content (AvgIpc) is 2.75. The Balaban J connectivity index is 2.43. The molecule has 1 aliphatic rings. The second kappa shape index (κ2) is 15.2. The zero-order valence-electron chi connectivity index (χ0n) is 25.9. The molecule has 0 N–H and O–H groups in total. The zero-order chi connectivity index (χ0) is 27.7. The monoisotopic (exact) mass is 540 g/mol. The molecule has 0 aliphatic carbocycles. The van der Waals surface area contributed by atoms with Gasteiger partial charge in [0.1, 0.15) is 11.7 Å². The van der Waals surface area contributed by atoms with E-state index in [9.17, 15) is 4.79 Å². The summed E-state index contributed by atoms with van der Waals surface area (Å²) in [5.74, 6) is 0.807. The molecule has 212 valence electrons. The minimum Gasteiger partial charge on any atom is -0.430 e. The van der Waals surface area contributed by atoms with Gasteiger partial charge in [0, 0.05) is 13.2 Å². The van der Waals surface area contributed by atoms with Crippen LogP contribution in [-0.2, 0) is 18.4 Å². The molecule has 1 fully saturated rings. The van der Waals surface area contributed by atoms with Crippen LogP contribution in [0.4, 0.5) is 0 Å². The third-order valence-corrected chi connectivity index (χ3v) is 21.0. The Bertz CT molecular complexity index is 639. The van der Waals surface area contributed by atoms with Crippen molar-refractivity contribution in [2.45, 2.75) is 155 Å². The smallest absolute Gasteiger partial charge is 0.321 e. The molecule has 4 nitrogen and oxygen atoms in total. The lowest BCUT2D eigenvalue weighted by molar-refractivity contribution is -0.157.